The molecule has 0 heterocycles. The molecular formula is C13H30NO4+. The summed E-state index contributed by atoms with van der Waals surface area (Å²) in [6, 6.07) is 0. The normalized spacial score (nSPS) is 12.0. The predicted molar refractivity (Wildman–Crippen MR) is 70.8 cm³/mol. The van der Waals surface area contributed by atoms with Crippen LogP contribution in [0, 0.1) is 0 Å². The molecule has 0 unspecified atom stereocenters. The molecule has 0 radical (unpaired) electrons. The van der Waals surface area contributed by atoms with Gasteiger partial charge in [0.1, 0.15) is 26.4 Å². The molecule has 5 nitrogen and oxygen atoms in total. The first-order valence-electron chi connectivity index (χ1n) is 7.06. The summed E-state index contributed by atoms with van der Waals surface area (Å²) in [6.45, 7) is 13.5. The van der Waals surface area contributed by atoms with Gasteiger partial charge in [-0.3, -0.25) is 0 Å². The highest BCUT2D eigenvalue weighted by molar-refractivity contribution is 4.32. The molecule has 0 saturated carbocycles. The summed E-state index contributed by atoms with van der Waals surface area (Å²) in [7, 11) is 0. The van der Waals surface area contributed by atoms with Crippen LogP contribution in [0.15, 0.2) is 0 Å². The maximum absolute atomic E-state index is 5.74. The first-order chi connectivity index (χ1) is 8.74. The summed E-state index contributed by atoms with van der Waals surface area (Å²) >= 11 is 0. The Bertz CT molecular complexity index is 161. The average Bonchev–Trinajstić information content (AvgIpc) is 2.35. The minimum absolute atomic E-state index is 0.234. The van der Waals surface area contributed by atoms with Gasteiger partial charge >= 0.3 is 0 Å². The summed E-state index contributed by atoms with van der Waals surface area (Å²) in [5.41, 5.74) is 0. The SMILES string of the molecule is CCC[N+](CCOCCOCC)(OCC)OCC. The standard InChI is InChI=1S/C13H30NO4/c1-5-9-14(17-7-3,18-8-4)10-11-16-13-12-15-6-2/h5-13H2,1-4H3/q+1. The highest BCUT2D eigenvalue weighted by Crippen LogP contribution is 2.11. The van der Waals surface area contributed by atoms with Crippen molar-refractivity contribution >= 4 is 0 Å². The van der Waals surface area contributed by atoms with Crippen LogP contribution >= 0.6 is 0 Å². The quantitative estimate of drug-likeness (QED) is 0.290. The number of hydrogen-bond acceptors (Lipinski definition) is 4. The van der Waals surface area contributed by atoms with E-state index in [9.17, 15) is 0 Å². The van der Waals surface area contributed by atoms with Crippen molar-refractivity contribution in [1.29, 1.82) is 0 Å². The van der Waals surface area contributed by atoms with E-state index < -0.39 is 0 Å². The van der Waals surface area contributed by atoms with Gasteiger partial charge < -0.3 is 9.47 Å². The lowest BCUT2D eigenvalue weighted by Crippen LogP contribution is -2.50. The summed E-state index contributed by atoms with van der Waals surface area (Å²) in [5, 5.41) is 0. The second-order valence-electron chi connectivity index (χ2n) is 3.91. The maximum atomic E-state index is 5.74. The Morgan fingerprint density at radius 1 is 0.667 bits per heavy atom. The van der Waals surface area contributed by atoms with Gasteiger partial charge in [-0.15, -0.1) is 0 Å². The number of hydroxylamine groups is 4. The third kappa shape index (κ3) is 8.00. The molecule has 0 aliphatic rings. The first kappa shape index (κ1) is 17.8. The van der Waals surface area contributed by atoms with Crippen molar-refractivity contribution in [2.45, 2.75) is 34.1 Å². The highest BCUT2D eigenvalue weighted by Gasteiger charge is 2.30. The smallest absolute Gasteiger partial charge is 0.165 e. The van der Waals surface area contributed by atoms with Crippen molar-refractivity contribution < 1.29 is 24.0 Å². The lowest BCUT2D eigenvalue weighted by molar-refractivity contribution is -1.25. The Morgan fingerprint density at radius 3 is 1.78 bits per heavy atom. The van der Waals surface area contributed by atoms with E-state index in [-0.39, 0.29) is 4.81 Å². The topological polar surface area (TPSA) is 36.9 Å². The van der Waals surface area contributed by atoms with E-state index in [2.05, 4.69) is 6.92 Å². The molecule has 0 aromatic heterocycles. The Hall–Kier alpha value is -0.200. The van der Waals surface area contributed by atoms with Crippen molar-refractivity contribution in [3.63, 3.8) is 0 Å². The molecule has 0 bridgehead atoms. The number of hydrogen-bond donors (Lipinski definition) is 0. The molecule has 110 valence electrons. The minimum atomic E-state index is 0.234. The van der Waals surface area contributed by atoms with Crippen molar-refractivity contribution in [3.05, 3.63) is 0 Å². The summed E-state index contributed by atoms with van der Waals surface area (Å²) in [6.07, 6.45) is 1.01. The molecule has 0 amide bonds. The van der Waals surface area contributed by atoms with Gasteiger partial charge in [0.25, 0.3) is 0 Å². The molecule has 0 rings (SSSR count). The Labute approximate surface area is 111 Å². The van der Waals surface area contributed by atoms with E-state index in [0.29, 0.717) is 39.6 Å². The van der Waals surface area contributed by atoms with Crippen LogP contribution in [-0.4, -0.2) is 57.5 Å². The molecule has 0 spiro atoms. The summed E-state index contributed by atoms with van der Waals surface area (Å²) in [5.74, 6) is 0. The zero-order valence-corrected chi connectivity index (χ0v) is 12.4. The minimum Gasteiger partial charge on any atom is -0.379 e. The summed E-state index contributed by atoms with van der Waals surface area (Å²) in [4.78, 5) is 11.7. The van der Waals surface area contributed by atoms with Gasteiger partial charge in [0.05, 0.1) is 13.2 Å². The van der Waals surface area contributed by atoms with Crippen LogP contribution in [0.25, 0.3) is 0 Å². The first-order valence-corrected chi connectivity index (χ1v) is 7.06. The van der Waals surface area contributed by atoms with Gasteiger partial charge in [0, 0.05) is 6.61 Å². The van der Waals surface area contributed by atoms with E-state index in [0.717, 1.165) is 19.6 Å². The number of quaternary nitrogens is 1. The molecule has 0 atom stereocenters. The third-order valence-electron chi connectivity index (χ3n) is 2.45. The van der Waals surface area contributed by atoms with Crippen molar-refractivity contribution in [2.75, 3.05) is 52.7 Å². The third-order valence-corrected chi connectivity index (χ3v) is 2.45. The van der Waals surface area contributed by atoms with Gasteiger partial charge in [0.15, 0.2) is 6.54 Å². The van der Waals surface area contributed by atoms with Crippen LogP contribution in [-0.2, 0) is 19.1 Å². The molecule has 0 aliphatic carbocycles. The zero-order chi connectivity index (χ0) is 13.7. The van der Waals surface area contributed by atoms with E-state index in [1.807, 2.05) is 20.8 Å². The molecule has 5 heteroatoms. The Kier molecular flexibility index (Phi) is 11.7. The van der Waals surface area contributed by atoms with Crippen LogP contribution in [0.2, 0.25) is 0 Å². The molecule has 0 aromatic rings. The van der Waals surface area contributed by atoms with Gasteiger partial charge in [-0.1, -0.05) is 6.92 Å². The molecule has 0 aromatic carbocycles. The van der Waals surface area contributed by atoms with Crippen LogP contribution in [0.1, 0.15) is 34.1 Å². The van der Waals surface area contributed by atoms with E-state index >= 15 is 0 Å². The number of rotatable bonds is 13. The maximum Gasteiger partial charge on any atom is 0.165 e. The zero-order valence-electron chi connectivity index (χ0n) is 12.4. The van der Waals surface area contributed by atoms with E-state index in [1.54, 1.807) is 0 Å². The molecule has 0 fully saturated rings. The van der Waals surface area contributed by atoms with Gasteiger partial charge in [-0.25, -0.2) is 0 Å². The Morgan fingerprint density at radius 2 is 1.28 bits per heavy atom. The number of ether oxygens (including phenoxy) is 2. The van der Waals surface area contributed by atoms with Crippen molar-refractivity contribution in [3.8, 4) is 0 Å². The van der Waals surface area contributed by atoms with E-state index in [4.69, 9.17) is 19.1 Å². The van der Waals surface area contributed by atoms with E-state index in [1.165, 1.54) is 0 Å². The molecule has 0 N–H and O–H groups in total. The molecular weight excluding hydrogens is 234 g/mol. The van der Waals surface area contributed by atoms with Gasteiger partial charge in [-0.05, 0) is 32.0 Å². The molecule has 0 saturated heterocycles. The van der Waals surface area contributed by atoms with Crippen LogP contribution in [0.4, 0.5) is 0 Å². The second kappa shape index (κ2) is 11.9. The molecule has 0 aliphatic heterocycles. The number of nitrogens with zero attached hydrogens (tertiary/aromatic N) is 1. The highest BCUT2D eigenvalue weighted by atomic mass is 17.0. The fourth-order valence-electron chi connectivity index (χ4n) is 1.79. The van der Waals surface area contributed by atoms with Crippen LogP contribution < -0.4 is 0 Å². The fraction of sp³-hybridized carbons (Fsp3) is 1.00. The second-order valence-corrected chi connectivity index (χ2v) is 3.91. The van der Waals surface area contributed by atoms with Crippen LogP contribution in [0.5, 0.6) is 0 Å². The van der Waals surface area contributed by atoms with Crippen molar-refractivity contribution in [1.82, 2.24) is 0 Å². The summed E-state index contributed by atoms with van der Waals surface area (Å²) < 4.78 is 10.7. The molecule has 18 heavy (non-hydrogen) atoms. The monoisotopic (exact) mass is 264 g/mol. The predicted octanol–water partition coefficient (Wildman–Crippen LogP) is 2.17. The van der Waals surface area contributed by atoms with Gasteiger partial charge in [-0.2, -0.15) is 9.68 Å². The lowest BCUT2D eigenvalue weighted by atomic mass is 10.4. The fourth-order valence-corrected chi connectivity index (χ4v) is 1.79. The van der Waals surface area contributed by atoms with Crippen molar-refractivity contribution in [2.24, 2.45) is 0 Å². The largest absolute Gasteiger partial charge is 0.379 e. The van der Waals surface area contributed by atoms with Gasteiger partial charge in [0.2, 0.25) is 0 Å². The lowest BCUT2D eigenvalue weighted by Gasteiger charge is -2.31. The average molecular weight is 264 g/mol. The Balaban J connectivity index is 3.97. The van der Waals surface area contributed by atoms with Crippen LogP contribution in [0.3, 0.4) is 0 Å².